The summed E-state index contributed by atoms with van der Waals surface area (Å²) < 4.78 is 21.5. The van der Waals surface area contributed by atoms with Crippen molar-refractivity contribution < 1.29 is 24.1 Å². The zero-order valence-corrected chi connectivity index (χ0v) is 12.7. The number of hydrogen-bond donors (Lipinski definition) is 1. The average Bonchev–Trinajstić information content (AvgIpc) is 2.55. The molecule has 0 saturated carbocycles. The summed E-state index contributed by atoms with van der Waals surface area (Å²) >= 11 is 0. The van der Waals surface area contributed by atoms with Gasteiger partial charge in [-0.25, -0.2) is 0 Å². The molecule has 0 aliphatic heterocycles. The highest BCUT2D eigenvalue weighted by Crippen LogP contribution is 2.29. The van der Waals surface area contributed by atoms with Gasteiger partial charge in [-0.05, 0) is 29.8 Å². The number of phenols is 1. The molecule has 0 aliphatic carbocycles. The molecular formula is C17H20O5. The lowest BCUT2D eigenvalue weighted by Crippen LogP contribution is -2.06. The highest BCUT2D eigenvalue weighted by Gasteiger charge is 2.07. The van der Waals surface area contributed by atoms with Gasteiger partial charge in [0.1, 0.15) is 13.2 Å². The molecule has 2 aromatic rings. The monoisotopic (exact) mass is 304 g/mol. The number of aromatic hydroxyl groups is 1. The summed E-state index contributed by atoms with van der Waals surface area (Å²) in [6.07, 6.45) is 0. The van der Waals surface area contributed by atoms with E-state index in [0.29, 0.717) is 37.1 Å². The SMILES string of the molecule is COCCOc1ccccc1OCc1ccc(O)c(OC)c1. The largest absolute Gasteiger partial charge is 0.504 e. The van der Waals surface area contributed by atoms with Gasteiger partial charge in [0.2, 0.25) is 0 Å². The lowest BCUT2D eigenvalue weighted by atomic mass is 10.2. The van der Waals surface area contributed by atoms with Gasteiger partial charge in [-0.3, -0.25) is 0 Å². The molecule has 2 rings (SSSR count). The Morgan fingerprint density at radius 2 is 1.59 bits per heavy atom. The lowest BCUT2D eigenvalue weighted by Gasteiger charge is -2.13. The standard InChI is InChI=1S/C17H20O5/c1-19-9-10-21-15-5-3-4-6-16(15)22-12-13-7-8-14(18)17(11-13)20-2/h3-8,11,18H,9-10,12H2,1-2H3. The minimum atomic E-state index is 0.106. The van der Waals surface area contributed by atoms with Gasteiger partial charge in [-0.2, -0.15) is 0 Å². The van der Waals surface area contributed by atoms with Crippen molar-refractivity contribution >= 4 is 0 Å². The fourth-order valence-electron chi connectivity index (χ4n) is 1.90. The molecule has 0 fully saturated rings. The molecule has 5 nitrogen and oxygen atoms in total. The van der Waals surface area contributed by atoms with Crippen LogP contribution in [0.3, 0.4) is 0 Å². The maximum absolute atomic E-state index is 9.59. The van der Waals surface area contributed by atoms with E-state index in [4.69, 9.17) is 18.9 Å². The Bertz CT molecular complexity index is 597. The van der Waals surface area contributed by atoms with Gasteiger partial charge >= 0.3 is 0 Å². The Morgan fingerprint density at radius 3 is 2.27 bits per heavy atom. The predicted molar refractivity (Wildman–Crippen MR) is 82.8 cm³/mol. The second kappa shape index (κ2) is 8.14. The van der Waals surface area contributed by atoms with E-state index in [-0.39, 0.29) is 5.75 Å². The minimum Gasteiger partial charge on any atom is -0.504 e. The number of benzene rings is 2. The molecule has 0 bridgehead atoms. The smallest absolute Gasteiger partial charge is 0.161 e. The van der Waals surface area contributed by atoms with Crippen LogP contribution in [0.5, 0.6) is 23.0 Å². The Hall–Kier alpha value is -2.40. The highest BCUT2D eigenvalue weighted by molar-refractivity contribution is 5.42. The summed E-state index contributed by atoms with van der Waals surface area (Å²) in [5.41, 5.74) is 0.890. The van der Waals surface area contributed by atoms with Crippen molar-refractivity contribution in [3.63, 3.8) is 0 Å². The topological polar surface area (TPSA) is 57.2 Å². The third-order valence-electron chi connectivity index (χ3n) is 3.03. The molecular weight excluding hydrogens is 284 g/mol. The second-order valence-electron chi connectivity index (χ2n) is 4.58. The zero-order valence-electron chi connectivity index (χ0n) is 12.7. The molecule has 0 unspecified atom stereocenters. The van der Waals surface area contributed by atoms with Crippen molar-refractivity contribution in [2.75, 3.05) is 27.4 Å². The fraction of sp³-hybridized carbons (Fsp3) is 0.294. The van der Waals surface area contributed by atoms with Crippen LogP contribution in [0.2, 0.25) is 0 Å². The van der Waals surface area contributed by atoms with Gasteiger partial charge in [-0.15, -0.1) is 0 Å². The number of ether oxygens (including phenoxy) is 4. The van der Waals surface area contributed by atoms with Crippen LogP contribution in [0, 0.1) is 0 Å². The van der Waals surface area contributed by atoms with E-state index in [1.165, 1.54) is 7.11 Å². The first kappa shape index (κ1) is 16.0. The zero-order chi connectivity index (χ0) is 15.8. The maximum atomic E-state index is 9.59. The van der Waals surface area contributed by atoms with Crippen molar-refractivity contribution in [1.82, 2.24) is 0 Å². The van der Waals surface area contributed by atoms with Gasteiger partial charge in [0.05, 0.1) is 13.7 Å². The maximum Gasteiger partial charge on any atom is 0.161 e. The van der Waals surface area contributed by atoms with Gasteiger partial charge in [0.25, 0.3) is 0 Å². The third-order valence-corrected chi connectivity index (χ3v) is 3.03. The van der Waals surface area contributed by atoms with E-state index in [0.717, 1.165) is 5.56 Å². The number of para-hydroxylation sites is 2. The summed E-state index contributed by atoms with van der Waals surface area (Å²) in [6, 6.07) is 12.6. The van der Waals surface area contributed by atoms with Crippen molar-refractivity contribution in [1.29, 1.82) is 0 Å². The Morgan fingerprint density at radius 1 is 0.864 bits per heavy atom. The van der Waals surface area contributed by atoms with Gasteiger partial charge < -0.3 is 24.1 Å². The van der Waals surface area contributed by atoms with Gasteiger partial charge in [-0.1, -0.05) is 18.2 Å². The molecule has 0 aromatic heterocycles. The number of methoxy groups -OCH3 is 2. The molecule has 2 aromatic carbocycles. The molecule has 0 spiro atoms. The summed E-state index contributed by atoms with van der Waals surface area (Å²) in [5, 5.41) is 9.59. The molecule has 5 heteroatoms. The van der Waals surface area contributed by atoms with Crippen LogP contribution in [0.1, 0.15) is 5.56 Å². The van der Waals surface area contributed by atoms with E-state index in [1.807, 2.05) is 24.3 Å². The summed E-state index contributed by atoms with van der Waals surface area (Å²) in [7, 11) is 3.14. The molecule has 0 radical (unpaired) electrons. The molecule has 1 N–H and O–H groups in total. The van der Waals surface area contributed by atoms with E-state index in [2.05, 4.69) is 0 Å². The van der Waals surface area contributed by atoms with Crippen LogP contribution in [0.4, 0.5) is 0 Å². The van der Waals surface area contributed by atoms with Crippen LogP contribution in [-0.4, -0.2) is 32.5 Å². The summed E-state index contributed by atoms with van der Waals surface area (Å²) in [5.74, 6) is 1.86. The average molecular weight is 304 g/mol. The summed E-state index contributed by atoms with van der Waals surface area (Å²) in [6.45, 7) is 1.33. The molecule has 0 saturated heterocycles. The molecule has 22 heavy (non-hydrogen) atoms. The van der Waals surface area contributed by atoms with Crippen LogP contribution in [0.25, 0.3) is 0 Å². The minimum absolute atomic E-state index is 0.106. The molecule has 0 atom stereocenters. The molecule has 0 amide bonds. The second-order valence-corrected chi connectivity index (χ2v) is 4.58. The lowest BCUT2D eigenvalue weighted by molar-refractivity contribution is 0.143. The Kier molecular flexibility index (Phi) is 5.91. The van der Waals surface area contributed by atoms with Crippen LogP contribution in [-0.2, 0) is 11.3 Å². The number of rotatable bonds is 8. The van der Waals surface area contributed by atoms with Crippen molar-refractivity contribution in [2.45, 2.75) is 6.61 Å². The van der Waals surface area contributed by atoms with Gasteiger partial charge in [0.15, 0.2) is 23.0 Å². The van der Waals surface area contributed by atoms with Crippen molar-refractivity contribution in [2.24, 2.45) is 0 Å². The van der Waals surface area contributed by atoms with E-state index in [1.54, 1.807) is 25.3 Å². The molecule has 0 aliphatic rings. The Labute approximate surface area is 130 Å². The first-order valence-electron chi connectivity index (χ1n) is 6.94. The van der Waals surface area contributed by atoms with E-state index < -0.39 is 0 Å². The Balaban J connectivity index is 2.02. The summed E-state index contributed by atoms with van der Waals surface area (Å²) in [4.78, 5) is 0. The normalized spacial score (nSPS) is 10.3. The van der Waals surface area contributed by atoms with Gasteiger partial charge in [0, 0.05) is 7.11 Å². The predicted octanol–water partition coefficient (Wildman–Crippen LogP) is 3.01. The van der Waals surface area contributed by atoms with Crippen LogP contribution >= 0.6 is 0 Å². The molecule has 0 heterocycles. The fourth-order valence-corrected chi connectivity index (χ4v) is 1.90. The van der Waals surface area contributed by atoms with Crippen molar-refractivity contribution in [3.8, 4) is 23.0 Å². The van der Waals surface area contributed by atoms with Crippen LogP contribution < -0.4 is 14.2 Å². The van der Waals surface area contributed by atoms with Crippen LogP contribution in [0.15, 0.2) is 42.5 Å². The van der Waals surface area contributed by atoms with E-state index >= 15 is 0 Å². The third kappa shape index (κ3) is 4.30. The highest BCUT2D eigenvalue weighted by atomic mass is 16.5. The molecule has 118 valence electrons. The number of hydrogen-bond acceptors (Lipinski definition) is 5. The number of phenolic OH excluding ortho intramolecular Hbond substituents is 1. The first-order valence-corrected chi connectivity index (χ1v) is 6.94. The quantitative estimate of drug-likeness (QED) is 0.760. The first-order chi connectivity index (χ1) is 10.7. The van der Waals surface area contributed by atoms with E-state index in [9.17, 15) is 5.11 Å². The van der Waals surface area contributed by atoms with Crippen molar-refractivity contribution in [3.05, 3.63) is 48.0 Å².